The van der Waals surface area contributed by atoms with Gasteiger partial charge in [0.05, 0.1) is 0 Å². The first kappa shape index (κ1) is 11.5. The minimum atomic E-state index is 0.333. The molecule has 9 heavy (non-hydrogen) atoms. The smallest absolute Gasteiger partial charge is 0.00179 e. The molecule has 0 aliphatic rings. The van der Waals surface area contributed by atoms with Crippen molar-refractivity contribution in [1.82, 2.24) is 0 Å². The van der Waals surface area contributed by atoms with Gasteiger partial charge in [0, 0.05) is 0 Å². The maximum absolute atomic E-state index is 5.11. The molecule has 0 aromatic carbocycles. The molecule has 0 aliphatic carbocycles. The summed E-state index contributed by atoms with van der Waals surface area (Å²) in [6.45, 7) is 11.7. The number of hydrogen-bond acceptors (Lipinski definition) is 1. The molecule has 0 heterocycles. The van der Waals surface area contributed by atoms with Gasteiger partial charge in [-0.2, -0.15) is 0 Å². The molecule has 0 saturated heterocycles. The normalized spacial score (nSPS) is 8.78. The lowest BCUT2D eigenvalue weighted by molar-refractivity contribution is 0.834. The van der Waals surface area contributed by atoms with Gasteiger partial charge in [0.15, 0.2) is 0 Å². The maximum Gasteiger partial charge on any atom is -0.00179 e. The second-order valence-electron chi connectivity index (χ2n) is 2.72. The van der Waals surface area contributed by atoms with Crippen molar-refractivity contribution in [2.75, 3.05) is 0 Å². The van der Waals surface area contributed by atoms with Crippen LogP contribution < -0.4 is 5.73 Å². The van der Waals surface area contributed by atoms with E-state index in [1.807, 2.05) is 19.9 Å². The quantitative estimate of drug-likeness (QED) is 0.539. The molecule has 0 fully saturated rings. The third kappa shape index (κ3) is 86.6. The summed E-state index contributed by atoms with van der Waals surface area (Å²) in [6.07, 6.45) is 1.92. The van der Waals surface area contributed by atoms with E-state index in [4.69, 9.17) is 5.73 Å². The highest BCUT2D eigenvalue weighted by Gasteiger charge is 1.73. The molecule has 0 bridgehead atoms. The fourth-order valence-electron chi connectivity index (χ4n) is 0. The minimum absolute atomic E-state index is 0.333. The van der Waals surface area contributed by atoms with Gasteiger partial charge in [-0.05, 0) is 12.0 Å². The van der Waals surface area contributed by atoms with Crippen LogP contribution in [-0.2, 0) is 0 Å². The van der Waals surface area contributed by atoms with Crippen LogP contribution in [0.1, 0.15) is 27.7 Å². The lowest BCUT2D eigenvalue weighted by Crippen LogP contribution is -2.06. The average Bonchev–Trinajstić information content (AvgIpc) is 1.65. The SMILES string of the molecule is C=CC(C)C.CC(C)N. The molecule has 0 radical (unpaired) electrons. The standard InChI is InChI=1S/C5H10.C3H9N/c1-4-5(2)3;1-3(2)4/h4-5H,1H2,2-3H3;3H,4H2,1-2H3. The van der Waals surface area contributed by atoms with E-state index in [0.29, 0.717) is 12.0 Å². The lowest BCUT2D eigenvalue weighted by atomic mass is 10.2. The van der Waals surface area contributed by atoms with Crippen LogP contribution in [0.3, 0.4) is 0 Å². The first-order valence-corrected chi connectivity index (χ1v) is 3.38. The van der Waals surface area contributed by atoms with Crippen LogP contribution in [0.4, 0.5) is 0 Å². The van der Waals surface area contributed by atoms with Crippen molar-refractivity contribution in [3.8, 4) is 0 Å². The molecule has 1 nitrogen and oxygen atoms in total. The molecular weight excluding hydrogens is 110 g/mol. The van der Waals surface area contributed by atoms with E-state index < -0.39 is 0 Å². The summed E-state index contributed by atoms with van der Waals surface area (Å²) >= 11 is 0. The summed E-state index contributed by atoms with van der Waals surface area (Å²) in [7, 11) is 0. The summed E-state index contributed by atoms with van der Waals surface area (Å²) in [5, 5.41) is 0. The van der Waals surface area contributed by atoms with Gasteiger partial charge in [-0.1, -0.05) is 33.8 Å². The molecule has 0 unspecified atom stereocenters. The van der Waals surface area contributed by atoms with Gasteiger partial charge in [0.25, 0.3) is 0 Å². The van der Waals surface area contributed by atoms with Crippen molar-refractivity contribution in [2.24, 2.45) is 11.7 Å². The van der Waals surface area contributed by atoms with Gasteiger partial charge in [-0.15, -0.1) is 6.58 Å². The Morgan fingerprint density at radius 3 is 1.33 bits per heavy atom. The summed E-state index contributed by atoms with van der Waals surface area (Å²) < 4.78 is 0. The van der Waals surface area contributed by atoms with Crippen molar-refractivity contribution in [3.63, 3.8) is 0 Å². The van der Waals surface area contributed by atoms with E-state index in [0.717, 1.165) is 0 Å². The molecule has 0 aliphatic heterocycles. The van der Waals surface area contributed by atoms with Crippen molar-refractivity contribution in [2.45, 2.75) is 33.7 Å². The van der Waals surface area contributed by atoms with Crippen molar-refractivity contribution in [3.05, 3.63) is 12.7 Å². The highest BCUT2D eigenvalue weighted by molar-refractivity contribution is 4.69. The van der Waals surface area contributed by atoms with Crippen molar-refractivity contribution < 1.29 is 0 Å². The molecule has 0 spiro atoms. The van der Waals surface area contributed by atoms with Gasteiger partial charge >= 0.3 is 0 Å². The monoisotopic (exact) mass is 129 g/mol. The van der Waals surface area contributed by atoms with E-state index in [9.17, 15) is 0 Å². The Labute approximate surface area is 58.9 Å². The van der Waals surface area contributed by atoms with Crippen LogP contribution in [-0.4, -0.2) is 6.04 Å². The molecule has 0 aromatic rings. The Hall–Kier alpha value is -0.300. The van der Waals surface area contributed by atoms with Gasteiger partial charge in [0.1, 0.15) is 0 Å². The largest absolute Gasteiger partial charge is 0.328 e. The minimum Gasteiger partial charge on any atom is -0.328 e. The predicted molar refractivity (Wildman–Crippen MR) is 44.4 cm³/mol. The topological polar surface area (TPSA) is 26.0 Å². The highest BCUT2D eigenvalue weighted by atomic mass is 14.6. The van der Waals surface area contributed by atoms with Crippen LogP contribution in [0, 0.1) is 5.92 Å². The zero-order valence-corrected chi connectivity index (χ0v) is 7.02. The van der Waals surface area contributed by atoms with E-state index >= 15 is 0 Å². The molecule has 1 heteroatoms. The van der Waals surface area contributed by atoms with E-state index in [1.165, 1.54) is 0 Å². The second-order valence-corrected chi connectivity index (χ2v) is 2.72. The highest BCUT2D eigenvalue weighted by Crippen LogP contribution is 1.87. The Morgan fingerprint density at radius 1 is 1.22 bits per heavy atom. The lowest BCUT2D eigenvalue weighted by Gasteiger charge is -1.84. The third-order valence-corrected chi connectivity index (χ3v) is 0.471. The van der Waals surface area contributed by atoms with Gasteiger partial charge in [-0.25, -0.2) is 0 Å². The molecule has 56 valence electrons. The van der Waals surface area contributed by atoms with Crippen LogP contribution in [0.25, 0.3) is 0 Å². The predicted octanol–water partition coefficient (Wildman–Crippen LogP) is 2.18. The van der Waals surface area contributed by atoms with Gasteiger partial charge < -0.3 is 5.73 Å². The first-order chi connectivity index (χ1) is 4.00. The van der Waals surface area contributed by atoms with Gasteiger partial charge in [0.2, 0.25) is 0 Å². The summed E-state index contributed by atoms with van der Waals surface area (Å²) in [4.78, 5) is 0. The van der Waals surface area contributed by atoms with Crippen LogP contribution in [0.2, 0.25) is 0 Å². The van der Waals surface area contributed by atoms with Crippen LogP contribution in [0.15, 0.2) is 12.7 Å². The first-order valence-electron chi connectivity index (χ1n) is 3.38. The molecule has 0 saturated carbocycles. The van der Waals surface area contributed by atoms with E-state index in [2.05, 4.69) is 20.4 Å². The van der Waals surface area contributed by atoms with Crippen molar-refractivity contribution in [1.29, 1.82) is 0 Å². The van der Waals surface area contributed by atoms with Crippen LogP contribution >= 0.6 is 0 Å². The Bertz CT molecular complexity index is 52.8. The summed E-state index contributed by atoms with van der Waals surface area (Å²) in [5.41, 5.74) is 5.11. The zero-order chi connectivity index (χ0) is 7.86. The average molecular weight is 129 g/mol. The molecule has 0 rings (SSSR count). The Morgan fingerprint density at radius 2 is 1.33 bits per heavy atom. The summed E-state index contributed by atoms with van der Waals surface area (Å²) in [5.74, 6) is 0.648. The number of hydrogen-bond donors (Lipinski definition) is 1. The molecular formula is C8H19N. The fourth-order valence-corrected chi connectivity index (χ4v) is 0. The van der Waals surface area contributed by atoms with E-state index in [-0.39, 0.29) is 0 Å². The van der Waals surface area contributed by atoms with Crippen LogP contribution in [0.5, 0.6) is 0 Å². The maximum atomic E-state index is 5.11. The number of rotatable bonds is 1. The fraction of sp³-hybridized carbons (Fsp3) is 0.750. The molecule has 0 atom stereocenters. The van der Waals surface area contributed by atoms with E-state index in [1.54, 1.807) is 0 Å². The second kappa shape index (κ2) is 7.70. The third-order valence-electron chi connectivity index (χ3n) is 0.471. The molecule has 0 aromatic heterocycles. The molecule has 2 N–H and O–H groups in total. The van der Waals surface area contributed by atoms with Crippen molar-refractivity contribution >= 4 is 0 Å². The zero-order valence-electron chi connectivity index (χ0n) is 7.02. The summed E-state index contributed by atoms with van der Waals surface area (Å²) in [6, 6.07) is 0.333. The molecule has 0 amide bonds. The number of allylic oxidation sites excluding steroid dienone is 1. The Balaban J connectivity index is 0. The Kier molecular flexibility index (Phi) is 9.83. The number of nitrogens with two attached hydrogens (primary N) is 1. The van der Waals surface area contributed by atoms with Gasteiger partial charge in [-0.3, -0.25) is 0 Å².